The lowest BCUT2D eigenvalue weighted by Gasteiger charge is -2.02. The van der Waals surface area contributed by atoms with Crippen LogP contribution in [0.2, 0.25) is 0 Å². The van der Waals surface area contributed by atoms with Gasteiger partial charge in [-0.25, -0.2) is 0 Å². The molecule has 0 saturated heterocycles. The molecule has 2 N–H and O–H groups in total. The molecule has 0 atom stereocenters. The lowest BCUT2D eigenvalue weighted by Crippen LogP contribution is -1.98. The molecule has 3 aromatic rings. The van der Waals surface area contributed by atoms with Gasteiger partial charge in [0, 0.05) is 5.39 Å². The van der Waals surface area contributed by atoms with Gasteiger partial charge in [0.1, 0.15) is 10.6 Å². The van der Waals surface area contributed by atoms with Gasteiger partial charge in [0.25, 0.3) is 10.1 Å². The van der Waals surface area contributed by atoms with Gasteiger partial charge in [-0.15, -0.1) is 0 Å². The summed E-state index contributed by atoms with van der Waals surface area (Å²) in [5.74, 6) is 0.368. The monoisotopic (exact) mass is 316 g/mol. The average molecular weight is 316 g/mol. The minimum Gasteiger partial charge on any atom is -0.508 e. The number of para-hydroxylation sites is 1. The van der Waals surface area contributed by atoms with Crippen LogP contribution in [-0.4, -0.2) is 18.1 Å². The summed E-state index contributed by atoms with van der Waals surface area (Å²) in [5.41, 5.74) is 0.924. The summed E-state index contributed by atoms with van der Waals surface area (Å²) >= 11 is 0. The average Bonchev–Trinajstić information content (AvgIpc) is 2.49. The van der Waals surface area contributed by atoms with Crippen LogP contribution in [0.25, 0.3) is 10.8 Å². The van der Waals surface area contributed by atoms with Crippen molar-refractivity contribution in [2.24, 2.45) is 0 Å². The smallest absolute Gasteiger partial charge is 0.295 e. The molecule has 4 nitrogen and oxygen atoms in total. The molecule has 22 heavy (non-hydrogen) atoms. The van der Waals surface area contributed by atoms with Crippen LogP contribution >= 0.6 is 0 Å². The fourth-order valence-corrected chi connectivity index (χ4v) is 2.70. The van der Waals surface area contributed by atoms with E-state index in [-0.39, 0.29) is 4.90 Å². The van der Waals surface area contributed by atoms with Gasteiger partial charge >= 0.3 is 0 Å². The van der Waals surface area contributed by atoms with Crippen molar-refractivity contribution in [3.8, 4) is 5.75 Å². The molecule has 0 bridgehead atoms. The normalized spacial score (nSPS) is 10.8. The Morgan fingerprint density at radius 3 is 2.00 bits per heavy atom. The van der Waals surface area contributed by atoms with Gasteiger partial charge in [0.15, 0.2) is 0 Å². The second kappa shape index (κ2) is 6.60. The van der Waals surface area contributed by atoms with E-state index in [0.29, 0.717) is 11.1 Å². The van der Waals surface area contributed by atoms with Crippen molar-refractivity contribution in [2.45, 2.75) is 11.8 Å². The molecule has 0 fully saturated rings. The van der Waals surface area contributed by atoms with Gasteiger partial charge in [-0.2, -0.15) is 8.42 Å². The van der Waals surface area contributed by atoms with Gasteiger partial charge in [-0.3, -0.25) is 4.55 Å². The van der Waals surface area contributed by atoms with Crippen molar-refractivity contribution in [3.63, 3.8) is 0 Å². The van der Waals surface area contributed by atoms with E-state index in [1.807, 2.05) is 31.2 Å². The maximum absolute atomic E-state index is 11.0. The SMILES string of the molecule is Cc1ccccc1O.O=S(=O)(O)c1cccc2ccccc12. The zero-order valence-electron chi connectivity index (χ0n) is 12.0. The van der Waals surface area contributed by atoms with E-state index in [0.717, 1.165) is 10.9 Å². The fraction of sp³-hybridized carbons (Fsp3) is 0.0588. The van der Waals surface area contributed by atoms with Crippen molar-refractivity contribution in [1.82, 2.24) is 0 Å². The minimum absolute atomic E-state index is 0.0457. The highest BCUT2D eigenvalue weighted by molar-refractivity contribution is 7.86. The van der Waals surface area contributed by atoms with E-state index in [9.17, 15) is 8.42 Å². The molecule has 0 heterocycles. The Morgan fingerprint density at radius 1 is 0.818 bits per heavy atom. The standard InChI is InChI=1S/C10H8O3S.C7H8O/c11-14(12,13)10-7-3-5-8-4-1-2-6-9(8)10;1-6-4-2-3-5-7(6)8/h1-7H,(H,11,12,13);2-5,8H,1H3. The van der Waals surface area contributed by atoms with Gasteiger partial charge in [0.05, 0.1) is 0 Å². The first kappa shape index (κ1) is 16.0. The Bertz CT molecular complexity index is 860. The van der Waals surface area contributed by atoms with Crippen molar-refractivity contribution in [1.29, 1.82) is 0 Å². The third-order valence-electron chi connectivity index (χ3n) is 3.14. The first-order chi connectivity index (χ1) is 10.4. The summed E-state index contributed by atoms with van der Waals surface area (Å²) < 4.78 is 31.0. The third-order valence-corrected chi connectivity index (χ3v) is 4.05. The molecular weight excluding hydrogens is 300 g/mol. The van der Waals surface area contributed by atoms with E-state index in [1.165, 1.54) is 6.07 Å². The van der Waals surface area contributed by atoms with Gasteiger partial charge < -0.3 is 5.11 Å². The number of benzene rings is 3. The molecule has 0 aliphatic heterocycles. The predicted molar refractivity (Wildman–Crippen MR) is 86.6 cm³/mol. The summed E-state index contributed by atoms with van der Waals surface area (Å²) in [7, 11) is -4.13. The van der Waals surface area contributed by atoms with E-state index >= 15 is 0 Å². The molecule has 0 unspecified atom stereocenters. The summed E-state index contributed by atoms with van der Waals surface area (Å²) in [4.78, 5) is -0.0457. The molecule has 0 saturated carbocycles. The number of aromatic hydroxyl groups is 1. The Balaban J connectivity index is 0.000000188. The molecule has 3 rings (SSSR count). The number of fused-ring (bicyclic) bond motifs is 1. The van der Waals surface area contributed by atoms with Crippen molar-refractivity contribution in [3.05, 3.63) is 72.3 Å². The zero-order chi connectivity index (χ0) is 16.2. The van der Waals surface area contributed by atoms with Gasteiger partial charge in [0.2, 0.25) is 0 Å². The third kappa shape index (κ3) is 3.84. The van der Waals surface area contributed by atoms with Crippen LogP contribution < -0.4 is 0 Å². The van der Waals surface area contributed by atoms with Crippen molar-refractivity contribution in [2.75, 3.05) is 0 Å². The Morgan fingerprint density at radius 2 is 1.41 bits per heavy atom. The van der Waals surface area contributed by atoms with Gasteiger partial charge in [-0.05, 0) is 30.0 Å². The summed E-state index contributed by atoms with van der Waals surface area (Å²) in [6.07, 6.45) is 0. The van der Waals surface area contributed by atoms with Gasteiger partial charge in [-0.1, -0.05) is 54.6 Å². The quantitative estimate of drug-likeness (QED) is 0.670. The molecule has 3 aromatic carbocycles. The molecule has 0 aliphatic rings. The second-order valence-electron chi connectivity index (χ2n) is 4.74. The van der Waals surface area contributed by atoms with Crippen LogP contribution in [0.1, 0.15) is 5.56 Å². The van der Waals surface area contributed by atoms with E-state index in [4.69, 9.17) is 9.66 Å². The topological polar surface area (TPSA) is 74.6 Å². The summed E-state index contributed by atoms with van der Waals surface area (Å²) in [6, 6.07) is 19.0. The van der Waals surface area contributed by atoms with Crippen LogP contribution in [0.3, 0.4) is 0 Å². The van der Waals surface area contributed by atoms with Crippen LogP contribution in [0.15, 0.2) is 71.6 Å². The number of rotatable bonds is 1. The molecule has 0 aliphatic carbocycles. The second-order valence-corrected chi connectivity index (χ2v) is 6.13. The highest BCUT2D eigenvalue weighted by atomic mass is 32.2. The highest BCUT2D eigenvalue weighted by Gasteiger charge is 2.12. The molecule has 114 valence electrons. The lowest BCUT2D eigenvalue weighted by atomic mass is 10.1. The van der Waals surface area contributed by atoms with E-state index < -0.39 is 10.1 Å². The molecule has 0 amide bonds. The number of hydrogen-bond acceptors (Lipinski definition) is 3. The first-order valence-corrected chi connectivity index (χ1v) is 8.03. The molecule has 0 radical (unpaired) electrons. The molecule has 0 aromatic heterocycles. The molecular formula is C17H16O4S. The molecule has 5 heteroatoms. The van der Waals surface area contributed by atoms with E-state index in [2.05, 4.69) is 0 Å². The largest absolute Gasteiger partial charge is 0.508 e. The predicted octanol–water partition coefficient (Wildman–Crippen LogP) is 3.79. The number of aryl methyl sites for hydroxylation is 1. The first-order valence-electron chi connectivity index (χ1n) is 6.59. The lowest BCUT2D eigenvalue weighted by molar-refractivity contribution is 0.471. The Kier molecular flexibility index (Phi) is 4.80. The summed E-state index contributed by atoms with van der Waals surface area (Å²) in [5, 5.41) is 10.3. The minimum atomic E-state index is -4.13. The van der Waals surface area contributed by atoms with Crippen molar-refractivity contribution >= 4 is 20.9 Å². The highest BCUT2D eigenvalue weighted by Crippen LogP contribution is 2.22. The Hall–Kier alpha value is -2.37. The maximum Gasteiger partial charge on any atom is 0.295 e. The molecule has 0 spiro atoms. The maximum atomic E-state index is 11.0. The number of phenolic OH excluding ortho intramolecular Hbond substituents is 1. The Labute approximate surface area is 129 Å². The zero-order valence-corrected chi connectivity index (χ0v) is 12.8. The number of hydrogen-bond donors (Lipinski definition) is 2. The van der Waals surface area contributed by atoms with Crippen LogP contribution in [-0.2, 0) is 10.1 Å². The van der Waals surface area contributed by atoms with Crippen LogP contribution in [0.4, 0.5) is 0 Å². The van der Waals surface area contributed by atoms with Crippen LogP contribution in [0, 0.1) is 6.92 Å². The van der Waals surface area contributed by atoms with Crippen molar-refractivity contribution < 1.29 is 18.1 Å². The number of phenols is 1. The summed E-state index contributed by atoms with van der Waals surface area (Å²) in [6.45, 7) is 1.87. The van der Waals surface area contributed by atoms with Crippen LogP contribution in [0.5, 0.6) is 5.75 Å². The fourth-order valence-electron chi connectivity index (χ4n) is 1.98. The van der Waals surface area contributed by atoms with E-state index in [1.54, 1.807) is 36.4 Å².